The van der Waals surface area contributed by atoms with Crippen molar-refractivity contribution in [2.75, 3.05) is 11.9 Å². The van der Waals surface area contributed by atoms with Crippen molar-refractivity contribution in [3.63, 3.8) is 0 Å². The molecule has 0 spiro atoms. The summed E-state index contributed by atoms with van der Waals surface area (Å²) in [5.74, 6) is 0.440. The zero-order valence-electron chi connectivity index (χ0n) is 16.1. The third kappa shape index (κ3) is 4.01. The van der Waals surface area contributed by atoms with Gasteiger partial charge in [-0.3, -0.25) is 9.59 Å². The van der Waals surface area contributed by atoms with Crippen molar-refractivity contribution in [1.82, 2.24) is 4.90 Å². The molecule has 1 aliphatic heterocycles. The average Bonchev–Trinajstić information content (AvgIpc) is 3.29. The van der Waals surface area contributed by atoms with E-state index >= 15 is 0 Å². The molecule has 0 bridgehead atoms. The van der Waals surface area contributed by atoms with E-state index in [-0.39, 0.29) is 17.6 Å². The van der Waals surface area contributed by atoms with E-state index in [1.807, 2.05) is 31.2 Å². The molecule has 2 heterocycles. The van der Waals surface area contributed by atoms with Gasteiger partial charge in [-0.05, 0) is 54.4 Å². The molecule has 2 amide bonds. The Morgan fingerprint density at radius 2 is 1.83 bits per heavy atom. The van der Waals surface area contributed by atoms with Crippen LogP contribution in [-0.2, 0) is 17.8 Å². The molecule has 6 heteroatoms. The van der Waals surface area contributed by atoms with Crippen molar-refractivity contribution in [2.45, 2.75) is 25.9 Å². The van der Waals surface area contributed by atoms with Crippen molar-refractivity contribution in [2.24, 2.45) is 0 Å². The van der Waals surface area contributed by atoms with Crippen molar-refractivity contribution in [3.05, 3.63) is 83.8 Å². The first kappa shape index (κ1) is 18.8. The molecule has 148 valence electrons. The molecular formula is C23H22N2O4. The van der Waals surface area contributed by atoms with Crippen molar-refractivity contribution >= 4 is 17.5 Å². The molecule has 4 rings (SSSR count). The second-order valence-electron chi connectivity index (χ2n) is 6.85. The largest absolute Gasteiger partial charge is 0.494 e. The number of nitrogens with zero attached hydrogens (tertiary/aromatic N) is 1. The summed E-state index contributed by atoms with van der Waals surface area (Å²) in [5.41, 5.74) is 2.77. The topological polar surface area (TPSA) is 71.8 Å². The lowest BCUT2D eigenvalue weighted by molar-refractivity contribution is -0.121. The summed E-state index contributed by atoms with van der Waals surface area (Å²) in [6, 6.07) is 17.7. The Kier molecular flexibility index (Phi) is 5.33. The fraction of sp³-hybridized carbons (Fsp3) is 0.217. The van der Waals surface area contributed by atoms with Gasteiger partial charge < -0.3 is 19.4 Å². The number of fused-ring (bicyclic) bond motifs is 1. The highest BCUT2D eigenvalue weighted by atomic mass is 16.5. The number of benzene rings is 2. The minimum atomic E-state index is -0.630. The molecule has 1 aromatic heterocycles. The van der Waals surface area contributed by atoms with Gasteiger partial charge in [0.25, 0.3) is 5.91 Å². The molecule has 1 unspecified atom stereocenters. The summed E-state index contributed by atoms with van der Waals surface area (Å²) in [7, 11) is 0. The molecule has 29 heavy (non-hydrogen) atoms. The number of carbonyl (C=O) groups is 2. The molecule has 3 aromatic rings. The molecule has 0 radical (unpaired) electrons. The van der Waals surface area contributed by atoms with E-state index < -0.39 is 6.04 Å². The van der Waals surface area contributed by atoms with Crippen LogP contribution in [0.4, 0.5) is 5.69 Å². The van der Waals surface area contributed by atoms with Crippen LogP contribution in [0.5, 0.6) is 5.75 Å². The second-order valence-corrected chi connectivity index (χ2v) is 6.85. The Morgan fingerprint density at radius 1 is 1.07 bits per heavy atom. The monoisotopic (exact) mass is 390 g/mol. The van der Waals surface area contributed by atoms with Gasteiger partial charge in [-0.25, -0.2) is 0 Å². The summed E-state index contributed by atoms with van der Waals surface area (Å²) in [4.78, 5) is 27.7. The number of nitrogens with one attached hydrogen (secondary N) is 1. The number of hydrogen-bond acceptors (Lipinski definition) is 4. The number of amides is 2. The van der Waals surface area contributed by atoms with Gasteiger partial charge >= 0.3 is 0 Å². The average molecular weight is 390 g/mol. The summed E-state index contributed by atoms with van der Waals surface area (Å²) in [5, 5.41) is 2.92. The lowest BCUT2D eigenvalue weighted by Gasteiger charge is -2.35. The number of rotatable bonds is 5. The Hall–Kier alpha value is -3.54. The van der Waals surface area contributed by atoms with Crippen LogP contribution in [0.15, 0.2) is 71.3 Å². The van der Waals surface area contributed by atoms with Crippen molar-refractivity contribution < 1.29 is 18.7 Å². The van der Waals surface area contributed by atoms with E-state index in [1.165, 1.54) is 6.26 Å². The Balaban J connectivity index is 1.58. The van der Waals surface area contributed by atoms with Gasteiger partial charge in [0.15, 0.2) is 5.76 Å². The zero-order chi connectivity index (χ0) is 20.2. The second kappa shape index (κ2) is 8.22. The SMILES string of the molecule is CCOc1ccc(NC(=O)C2Cc3ccccc3CN2C(=O)c2ccco2)cc1. The van der Waals surface area contributed by atoms with Gasteiger partial charge in [-0.15, -0.1) is 0 Å². The molecule has 0 saturated heterocycles. The Morgan fingerprint density at radius 3 is 2.52 bits per heavy atom. The molecule has 1 atom stereocenters. The zero-order valence-corrected chi connectivity index (χ0v) is 16.1. The van der Waals surface area contributed by atoms with Gasteiger partial charge in [0.1, 0.15) is 11.8 Å². The highest BCUT2D eigenvalue weighted by Gasteiger charge is 2.36. The van der Waals surface area contributed by atoms with Crippen LogP contribution >= 0.6 is 0 Å². The van der Waals surface area contributed by atoms with Crippen LogP contribution in [-0.4, -0.2) is 29.4 Å². The van der Waals surface area contributed by atoms with Crippen LogP contribution in [0, 0.1) is 0 Å². The number of carbonyl (C=O) groups excluding carboxylic acids is 2. The van der Waals surface area contributed by atoms with E-state index in [2.05, 4.69) is 5.32 Å². The predicted octanol–water partition coefficient (Wildman–Crippen LogP) is 3.88. The smallest absolute Gasteiger partial charge is 0.290 e. The number of ether oxygens (including phenoxy) is 1. The highest BCUT2D eigenvalue weighted by Crippen LogP contribution is 2.26. The van der Waals surface area contributed by atoms with Gasteiger partial charge in [-0.2, -0.15) is 0 Å². The first-order chi connectivity index (χ1) is 14.2. The minimum Gasteiger partial charge on any atom is -0.494 e. The number of furan rings is 1. The first-order valence-electron chi connectivity index (χ1n) is 9.60. The molecule has 6 nitrogen and oxygen atoms in total. The Labute approximate surface area is 169 Å². The first-order valence-corrected chi connectivity index (χ1v) is 9.60. The third-order valence-electron chi connectivity index (χ3n) is 4.98. The quantitative estimate of drug-likeness (QED) is 0.718. The van der Waals surface area contributed by atoms with Crippen LogP contribution < -0.4 is 10.1 Å². The summed E-state index contributed by atoms with van der Waals surface area (Å²) in [6.07, 6.45) is 1.91. The van der Waals surface area contributed by atoms with E-state index in [4.69, 9.17) is 9.15 Å². The summed E-state index contributed by atoms with van der Waals surface area (Å²) in [6.45, 7) is 2.86. The Bertz CT molecular complexity index is 996. The van der Waals surface area contributed by atoms with Crippen LogP contribution in [0.3, 0.4) is 0 Å². The van der Waals surface area contributed by atoms with Crippen molar-refractivity contribution in [3.8, 4) is 5.75 Å². The standard InChI is InChI=1S/C23H22N2O4/c1-2-28-19-11-9-18(10-12-19)24-22(26)20-14-16-6-3-4-7-17(16)15-25(20)23(27)21-8-5-13-29-21/h3-13,20H,2,14-15H2,1H3,(H,24,26). The number of anilines is 1. The van der Waals surface area contributed by atoms with Crippen LogP contribution in [0.25, 0.3) is 0 Å². The molecule has 2 aromatic carbocycles. The maximum atomic E-state index is 13.1. The fourth-order valence-electron chi connectivity index (χ4n) is 3.54. The number of hydrogen-bond donors (Lipinski definition) is 1. The molecule has 0 aliphatic carbocycles. The highest BCUT2D eigenvalue weighted by molar-refractivity contribution is 6.00. The summed E-state index contributed by atoms with van der Waals surface area (Å²) < 4.78 is 10.7. The molecule has 1 N–H and O–H groups in total. The molecule has 0 fully saturated rings. The van der Waals surface area contributed by atoms with Gasteiger partial charge in [0, 0.05) is 18.7 Å². The van der Waals surface area contributed by atoms with E-state index in [9.17, 15) is 9.59 Å². The van der Waals surface area contributed by atoms with Gasteiger partial charge in [-0.1, -0.05) is 24.3 Å². The normalized spacial score (nSPS) is 15.5. The molecular weight excluding hydrogens is 368 g/mol. The fourth-order valence-corrected chi connectivity index (χ4v) is 3.54. The van der Waals surface area contributed by atoms with E-state index in [0.717, 1.165) is 16.9 Å². The molecule has 0 saturated carbocycles. The lowest BCUT2D eigenvalue weighted by Crippen LogP contribution is -2.50. The predicted molar refractivity (Wildman–Crippen MR) is 109 cm³/mol. The maximum absolute atomic E-state index is 13.1. The van der Waals surface area contributed by atoms with Crippen LogP contribution in [0.1, 0.15) is 28.6 Å². The summed E-state index contributed by atoms with van der Waals surface area (Å²) >= 11 is 0. The maximum Gasteiger partial charge on any atom is 0.290 e. The third-order valence-corrected chi connectivity index (χ3v) is 4.98. The van der Waals surface area contributed by atoms with Gasteiger partial charge in [0.2, 0.25) is 5.91 Å². The lowest BCUT2D eigenvalue weighted by atomic mass is 9.93. The van der Waals surface area contributed by atoms with Crippen LogP contribution in [0.2, 0.25) is 0 Å². The minimum absolute atomic E-state index is 0.225. The molecule has 1 aliphatic rings. The van der Waals surface area contributed by atoms with Crippen molar-refractivity contribution in [1.29, 1.82) is 0 Å². The van der Waals surface area contributed by atoms with E-state index in [0.29, 0.717) is 25.3 Å². The van der Waals surface area contributed by atoms with E-state index in [1.54, 1.807) is 41.3 Å². The van der Waals surface area contributed by atoms with Gasteiger partial charge in [0.05, 0.1) is 12.9 Å².